The first-order valence-corrected chi connectivity index (χ1v) is 6.17. The molecule has 106 valence electrons. The Morgan fingerprint density at radius 3 is 2.42 bits per heavy atom. The molecule has 2 rings (SSSR count). The van der Waals surface area contributed by atoms with Gasteiger partial charge in [-0.25, -0.2) is 0 Å². The number of nitrogens with two attached hydrogens (primary N) is 1. The van der Waals surface area contributed by atoms with Gasteiger partial charge in [0.25, 0.3) is 0 Å². The highest BCUT2D eigenvalue weighted by Crippen LogP contribution is 2.37. The summed E-state index contributed by atoms with van der Waals surface area (Å²) in [7, 11) is 0. The average molecular weight is 275 g/mol. The Bertz CT molecular complexity index is 432. The number of hydrogen-bond donors (Lipinski definition) is 2. The lowest BCUT2D eigenvalue weighted by Gasteiger charge is -2.34. The monoisotopic (exact) mass is 275 g/mol. The number of rotatable bonds is 4. The van der Waals surface area contributed by atoms with Crippen LogP contribution in [0.25, 0.3) is 0 Å². The normalized spacial score (nSPS) is 19.6. The highest BCUT2D eigenvalue weighted by atomic mass is 19.4. The van der Waals surface area contributed by atoms with Gasteiger partial charge in [0.15, 0.2) is 0 Å². The molecule has 1 aromatic carbocycles. The summed E-state index contributed by atoms with van der Waals surface area (Å²) in [5, 5.41) is 10.1. The van der Waals surface area contributed by atoms with Crippen molar-refractivity contribution in [1.82, 2.24) is 0 Å². The molecule has 19 heavy (non-hydrogen) atoms. The first kappa shape index (κ1) is 14.1. The number of benzene rings is 1. The maximum atomic E-state index is 12.3. The van der Waals surface area contributed by atoms with Crippen molar-refractivity contribution in [3.63, 3.8) is 0 Å². The van der Waals surface area contributed by atoms with Crippen LogP contribution in [0.2, 0.25) is 0 Å². The molecule has 3 N–H and O–H groups in total. The molecule has 0 heterocycles. The van der Waals surface area contributed by atoms with Gasteiger partial charge in [-0.05, 0) is 24.8 Å². The van der Waals surface area contributed by atoms with Crippen molar-refractivity contribution >= 4 is 0 Å². The smallest absolute Gasteiger partial charge is 0.405 e. The lowest BCUT2D eigenvalue weighted by atomic mass is 9.77. The van der Waals surface area contributed by atoms with Crippen LogP contribution in [0.5, 0.6) is 5.75 Å². The summed E-state index contributed by atoms with van der Waals surface area (Å²) >= 11 is 0. The van der Waals surface area contributed by atoms with Crippen molar-refractivity contribution < 1.29 is 23.0 Å². The second kappa shape index (κ2) is 5.38. The van der Waals surface area contributed by atoms with Gasteiger partial charge in [-0.2, -0.15) is 0 Å². The Balaban J connectivity index is 2.18. The van der Waals surface area contributed by atoms with E-state index in [4.69, 9.17) is 5.73 Å². The molecule has 0 saturated heterocycles. The van der Waals surface area contributed by atoms with E-state index >= 15 is 0 Å². The largest absolute Gasteiger partial charge is 0.573 e. The van der Waals surface area contributed by atoms with Crippen LogP contribution < -0.4 is 10.5 Å². The molecule has 3 nitrogen and oxygen atoms in total. The van der Waals surface area contributed by atoms with Crippen molar-refractivity contribution in [2.75, 3.05) is 0 Å². The minimum Gasteiger partial charge on any atom is -0.405 e. The predicted octanol–water partition coefficient (Wildman–Crippen LogP) is 2.75. The highest BCUT2D eigenvalue weighted by molar-refractivity contribution is 5.36. The third kappa shape index (κ3) is 3.39. The minimum absolute atomic E-state index is 0.0638. The number of alkyl halides is 3. The molecule has 0 bridgehead atoms. The van der Waals surface area contributed by atoms with Crippen molar-refractivity contribution in [1.29, 1.82) is 0 Å². The van der Waals surface area contributed by atoms with E-state index in [1.165, 1.54) is 18.2 Å². The molecule has 1 aliphatic carbocycles. The predicted molar refractivity (Wildman–Crippen MR) is 63.4 cm³/mol. The molecule has 0 aromatic heterocycles. The van der Waals surface area contributed by atoms with Gasteiger partial charge in [0.2, 0.25) is 0 Å². The topological polar surface area (TPSA) is 55.5 Å². The van der Waals surface area contributed by atoms with Crippen LogP contribution in [0.4, 0.5) is 13.2 Å². The number of aliphatic hydroxyl groups excluding tert-OH is 1. The zero-order valence-electron chi connectivity index (χ0n) is 10.2. The van der Waals surface area contributed by atoms with Crippen LogP contribution in [0.1, 0.15) is 30.9 Å². The van der Waals surface area contributed by atoms with E-state index in [1.54, 1.807) is 6.07 Å². The molecule has 0 aliphatic heterocycles. The second-order valence-electron chi connectivity index (χ2n) is 4.79. The first-order valence-electron chi connectivity index (χ1n) is 6.17. The van der Waals surface area contributed by atoms with Crippen LogP contribution in [0, 0.1) is 5.92 Å². The van der Waals surface area contributed by atoms with E-state index in [-0.39, 0.29) is 17.2 Å². The molecule has 2 atom stereocenters. The molecular weight excluding hydrogens is 259 g/mol. The fraction of sp³-hybridized carbons (Fsp3) is 0.538. The summed E-state index contributed by atoms with van der Waals surface area (Å²) in [5.74, 6) is -0.283. The maximum Gasteiger partial charge on any atom is 0.573 e. The summed E-state index contributed by atoms with van der Waals surface area (Å²) in [6.45, 7) is 0. The van der Waals surface area contributed by atoms with Gasteiger partial charge in [-0.1, -0.05) is 24.6 Å². The van der Waals surface area contributed by atoms with Crippen molar-refractivity contribution in [3.8, 4) is 5.75 Å². The van der Waals surface area contributed by atoms with Gasteiger partial charge in [0.05, 0.1) is 12.1 Å². The van der Waals surface area contributed by atoms with Crippen molar-refractivity contribution in [2.45, 2.75) is 37.8 Å². The van der Waals surface area contributed by atoms with Gasteiger partial charge in [-0.3, -0.25) is 0 Å². The SMILES string of the molecule is N[C@@H](c1ccccc1OC(F)(F)F)[C@H](O)C1CCC1. The lowest BCUT2D eigenvalue weighted by molar-refractivity contribution is -0.275. The Morgan fingerprint density at radius 2 is 1.89 bits per heavy atom. The van der Waals surface area contributed by atoms with E-state index in [0.29, 0.717) is 0 Å². The fourth-order valence-electron chi connectivity index (χ4n) is 2.23. The zero-order chi connectivity index (χ0) is 14.0. The summed E-state index contributed by atoms with van der Waals surface area (Å²) in [4.78, 5) is 0. The molecule has 1 aromatic rings. The van der Waals surface area contributed by atoms with Gasteiger partial charge < -0.3 is 15.6 Å². The summed E-state index contributed by atoms with van der Waals surface area (Å²) in [6, 6.07) is 4.80. The summed E-state index contributed by atoms with van der Waals surface area (Å²) in [6.07, 6.45) is -2.87. The van der Waals surface area contributed by atoms with Crippen molar-refractivity contribution in [2.24, 2.45) is 11.7 Å². The van der Waals surface area contributed by atoms with Gasteiger partial charge in [-0.15, -0.1) is 13.2 Å². The third-order valence-electron chi connectivity index (χ3n) is 3.50. The standard InChI is InChI=1S/C13H16F3NO2/c14-13(15,16)19-10-7-2-1-6-9(10)11(17)12(18)8-4-3-5-8/h1-2,6-8,11-12,18H,3-5,17H2/t11-,12+/m0/s1. The highest BCUT2D eigenvalue weighted by Gasteiger charge is 2.35. The quantitative estimate of drug-likeness (QED) is 0.888. The van der Waals surface area contributed by atoms with E-state index in [1.807, 2.05) is 0 Å². The Kier molecular flexibility index (Phi) is 4.01. The van der Waals surface area contributed by atoms with E-state index < -0.39 is 18.5 Å². The number of halogens is 3. The molecule has 1 saturated carbocycles. The van der Waals surface area contributed by atoms with E-state index in [0.717, 1.165) is 19.3 Å². The maximum absolute atomic E-state index is 12.3. The second-order valence-corrected chi connectivity index (χ2v) is 4.79. The van der Waals surface area contributed by atoms with Crippen LogP contribution >= 0.6 is 0 Å². The Morgan fingerprint density at radius 1 is 1.26 bits per heavy atom. The molecular formula is C13H16F3NO2. The van der Waals surface area contributed by atoms with Crippen LogP contribution in [-0.2, 0) is 0 Å². The number of aliphatic hydroxyl groups is 1. The molecule has 0 unspecified atom stereocenters. The van der Waals surface area contributed by atoms with Gasteiger partial charge >= 0.3 is 6.36 Å². The average Bonchev–Trinajstić information content (AvgIpc) is 2.24. The Hall–Kier alpha value is -1.27. The molecule has 0 amide bonds. The molecule has 1 aliphatic rings. The van der Waals surface area contributed by atoms with Gasteiger partial charge in [0, 0.05) is 5.56 Å². The Labute approximate surface area is 109 Å². The van der Waals surface area contributed by atoms with Crippen LogP contribution in [-0.4, -0.2) is 17.6 Å². The fourth-order valence-corrected chi connectivity index (χ4v) is 2.23. The minimum atomic E-state index is -4.77. The lowest BCUT2D eigenvalue weighted by Crippen LogP contribution is -2.36. The number of ether oxygens (including phenoxy) is 1. The third-order valence-corrected chi connectivity index (χ3v) is 3.50. The molecule has 0 spiro atoms. The molecule has 0 radical (unpaired) electrons. The first-order chi connectivity index (χ1) is 8.88. The van der Waals surface area contributed by atoms with Crippen LogP contribution in [0.15, 0.2) is 24.3 Å². The van der Waals surface area contributed by atoms with Gasteiger partial charge in [0.1, 0.15) is 5.75 Å². The van der Waals surface area contributed by atoms with E-state index in [2.05, 4.69) is 4.74 Å². The van der Waals surface area contributed by atoms with Crippen molar-refractivity contribution in [3.05, 3.63) is 29.8 Å². The molecule has 1 fully saturated rings. The summed E-state index contributed by atoms with van der Waals surface area (Å²) in [5.41, 5.74) is 6.05. The zero-order valence-corrected chi connectivity index (χ0v) is 10.2. The van der Waals surface area contributed by atoms with Crippen LogP contribution in [0.3, 0.4) is 0 Å². The van der Waals surface area contributed by atoms with E-state index in [9.17, 15) is 18.3 Å². The number of para-hydroxylation sites is 1. The number of hydrogen-bond acceptors (Lipinski definition) is 3. The summed E-state index contributed by atoms with van der Waals surface area (Å²) < 4.78 is 40.8. The molecule has 6 heteroatoms.